The summed E-state index contributed by atoms with van der Waals surface area (Å²) >= 11 is 0. The normalized spacial score (nSPS) is 12.2. The first-order valence-electron chi connectivity index (χ1n) is 11.3. The molecule has 2 atom stereocenters. The lowest BCUT2D eigenvalue weighted by Gasteiger charge is -2.26. The summed E-state index contributed by atoms with van der Waals surface area (Å²) in [7, 11) is 1.46. The lowest BCUT2D eigenvalue weighted by molar-refractivity contribution is -0.394. The molecular weight excluding hydrogens is 504 g/mol. The van der Waals surface area contributed by atoms with Crippen LogP contribution in [-0.4, -0.2) is 51.8 Å². The minimum absolute atomic E-state index is 0.0824. The van der Waals surface area contributed by atoms with Crippen molar-refractivity contribution in [1.82, 2.24) is 10.6 Å². The minimum Gasteiger partial charge on any atom is -0.497 e. The quantitative estimate of drug-likeness (QED) is 0.138. The van der Waals surface area contributed by atoms with Crippen LogP contribution >= 0.6 is 0 Å². The van der Waals surface area contributed by atoms with E-state index in [0.717, 1.165) is 18.2 Å². The fourth-order valence-corrected chi connectivity index (χ4v) is 3.55. The number of nitriles is 1. The molecule has 0 bridgehead atoms. The van der Waals surface area contributed by atoms with Crippen LogP contribution in [-0.2, 0) is 4.74 Å². The monoisotopic (exact) mass is 530 g/mol. The second-order valence-corrected chi connectivity index (χ2v) is 7.84. The summed E-state index contributed by atoms with van der Waals surface area (Å²) in [4.78, 5) is 47.0. The Morgan fingerprint density at radius 3 is 2.24 bits per heavy atom. The number of nitrogens with two attached hydrogens (primary N) is 1. The number of rotatable bonds is 14. The SMILES string of the molecule is COc1ccc(C(CC#N)OC(=O)NN(O)[C@@H](CCCCN)C(=O)c2c([N+](=O)[O-])cccc2[N+](=O)[O-])cc1. The number of Topliss-reactive ketones (excluding diaryl/α,β-unsaturated/α-hetero) is 1. The second-order valence-electron chi connectivity index (χ2n) is 7.84. The van der Waals surface area contributed by atoms with Crippen molar-refractivity contribution in [3.63, 3.8) is 0 Å². The predicted octanol–water partition coefficient (Wildman–Crippen LogP) is 3.18. The summed E-state index contributed by atoms with van der Waals surface area (Å²) in [5.74, 6) is -0.647. The number of hydrogen-bond acceptors (Lipinski definition) is 12. The first-order chi connectivity index (χ1) is 18.1. The van der Waals surface area contributed by atoms with Gasteiger partial charge in [0.15, 0.2) is 11.3 Å². The maximum absolute atomic E-state index is 13.3. The van der Waals surface area contributed by atoms with Crippen LogP contribution in [0.25, 0.3) is 0 Å². The third-order valence-electron chi connectivity index (χ3n) is 5.41. The van der Waals surface area contributed by atoms with Crippen molar-refractivity contribution < 1.29 is 34.1 Å². The van der Waals surface area contributed by atoms with Crippen LogP contribution in [0.2, 0.25) is 0 Å². The molecule has 0 aliphatic heterocycles. The van der Waals surface area contributed by atoms with E-state index in [9.17, 15) is 35.0 Å². The van der Waals surface area contributed by atoms with Crippen molar-refractivity contribution in [2.75, 3.05) is 13.7 Å². The molecule has 0 aromatic heterocycles. The Balaban J connectivity index is 2.32. The number of benzene rings is 2. The van der Waals surface area contributed by atoms with E-state index in [1.54, 1.807) is 24.3 Å². The van der Waals surface area contributed by atoms with Gasteiger partial charge in [0.05, 0.1) is 29.4 Å². The Kier molecular flexibility index (Phi) is 11.0. The molecule has 0 fully saturated rings. The molecule has 15 heteroatoms. The molecule has 202 valence electrons. The van der Waals surface area contributed by atoms with Crippen molar-refractivity contribution >= 4 is 23.3 Å². The van der Waals surface area contributed by atoms with Crippen molar-refractivity contribution in [1.29, 1.82) is 5.26 Å². The van der Waals surface area contributed by atoms with Gasteiger partial charge in [-0.3, -0.25) is 30.2 Å². The lowest BCUT2D eigenvalue weighted by Crippen LogP contribution is -2.50. The number of carbonyl (C=O) groups excluding carboxylic acids is 2. The zero-order valence-corrected chi connectivity index (χ0v) is 20.3. The summed E-state index contributed by atoms with van der Waals surface area (Å²) in [6.45, 7) is 0.227. The van der Waals surface area contributed by atoms with E-state index < -0.39 is 50.8 Å². The van der Waals surface area contributed by atoms with Gasteiger partial charge in [-0.1, -0.05) is 17.3 Å². The van der Waals surface area contributed by atoms with Crippen LogP contribution in [0.1, 0.15) is 47.7 Å². The highest BCUT2D eigenvalue weighted by atomic mass is 16.6. The minimum atomic E-state index is -1.66. The average Bonchev–Trinajstić information content (AvgIpc) is 2.89. The molecule has 0 heterocycles. The van der Waals surface area contributed by atoms with E-state index in [-0.39, 0.29) is 31.0 Å². The third-order valence-corrected chi connectivity index (χ3v) is 5.41. The Morgan fingerprint density at radius 2 is 1.74 bits per heavy atom. The third kappa shape index (κ3) is 7.67. The molecule has 2 rings (SSSR count). The molecule has 1 unspecified atom stereocenters. The van der Waals surface area contributed by atoms with Gasteiger partial charge >= 0.3 is 6.09 Å². The summed E-state index contributed by atoms with van der Waals surface area (Å²) in [6, 6.07) is 9.42. The van der Waals surface area contributed by atoms with Crippen molar-refractivity contribution in [2.24, 2.45) is 5.73 Å². The van der Waals surface area contributed by atoms with Gasteiger partial charge in [0.25, 0.3) is 11.4 Å². The Bertz CT molecular complexity index is 1170. The Morgan fingerprint density at radius 1 is 1.13 bits per heavy atom. The van der Waals surface area contributed by atoms with Gasteiger partial charge in [-0.15, -0.1) is 0 Å². The number of nitrogens with one attached hydrogen (secondary N) is 1. The number of ketones is 1. The van der Waals surface area contributed by atoms with E-state index in [4.69, 9.17) is 20.5 Å². The number of hydroxylamine groups is 1. The van der Waals surface area contributed by atoms with Crippen LogP contribution in [0.15, 0.2) is 42.5 Å². The fraction of sp³-hybridized carbons (Fsp3) is 0.348. The Hall–Kier alpha value is -4.65. The number of hydrogen-bond donors (Lipinski definition) is 3. The number of carbonyl (C=O) groups is 2. The summed E-state index contributed by atoms with van der Waals surface area (Å²) < 4.78 is 10.3. The number of amides is 1. The smallest absolute Gasteiger partial charge is 0.424 e. The standard InChI is InChI=1S/C23H26N6O9/c1-37-16-10-8-15(9-11-16)20(12-14-25)38-23(31)26-27(32)19(5-2-3-13-24)22(30)21-17(28(33)34)6-4-7-18(21)29(35)36/h4,6-11,19-20,32H,2-3,5,12-13,24H2,1H3,(H,26,31)/t19-,20?/m0/s1. The number of hydrazine groups is 1. The number of unbranched alkanes of at least 4 members (excludes halogenated alkanes) is 1. The van der Waals surface area contributed by atoms with Crippen molar-refractivity contribution in [3.8, 4) is 11.8 Å². The van der Waals surface area contributed by atoms with E-state index in [0.29, 0.717) is 17.7 Å². The zero-order valence-electron chi connectivity index (χ0n) is 20.3. The summed E-state index contributed by atoms with van der Waals surface area (Å²) in [5.41, 5.74) is 5.35. The zero-order chi connectivity index (χ0) is 28.2. The largest absolute Gasteiger partial charge is 0.497 e. The van der Waals surface area contributed by atoms with Gasteiger partial charge in [0.1, 0.15) is 17.9 Å². The average molecular weight is 530 g/mol. The highest BCUT2D eigenvalue weighted by Gasteiger charge is 2.37. The van der Waals surface area contributed by atoms with Crippen LogP contribution in [0.4, 0.5) is 16.2 Å². The van der Waals surface area contributed by atoms with E-state index >= 15 is 0 Å². The predicted molar refractivity (Wildman–Crippen MR) is 130 cm³/mol. The van der Waals surface area contributed by atoms with Crippen LogP contribution < -0.4 is 15.9 Å². The van der Waals surface area contributed by atoms with Crippen LogP contribution in [0.3, 0.4) is 0 Å². The number of nitrogens with zero attached hydrogens (tertiary/aromatic N) is 4. The Labute approximate surface area is 216 Å². The first kappa shape index (κ1) is 29.6. The van der Waals surface area contributed by atoms with Gasteiger partial charge in [-0.05, 0) is 49.6 Å². The lowest BCUT2D eigenvalue weighted by atomic mass is 9.97. The maximum Gasteiger partial charge on any atom is 0.424 e. The van der Waals surface area contributed by atoms with Gasteiger partial charge in [0, 0.05) is 12.1 Å². The van der Waals surface area contributed by atoms with Gasteiger partial charge in [0.2, 0.25) is 0 Å². The molecule has 2 aromatic carbocycles. The van der Waals surface area contributed by atoms with Gasteiger partial charge in [-0.25, -0.2) is 10.2 Å². The molecule has 0 radical (unpaired) electrons. The molecule has 38 heavy (non-hydrogen) atoms. The molecule has 1 amide bonds. The van der Waals surface area contributed by atoms with Crippen LogP contribution in [0.5, 0.6) is 5.75 Å². The molecule has 15 nitrogen and oxygen atoms in total. The molecule has 0 spiro atoms. The highest BCUT2D eigenvalue weighted by molar-refractivity contribution is 6.06. The molecule has 4 N–H and O–H groups in total. The van der Waals surface area contributed by atoms with Gasteiger partial charge < -0.3 is 15.2 Å². The van der Waals surface area contributed by atoms with E-state index in [2.05, 4.69) is 0 Å². The van der Waals surface area contributed by atoms with E-state index in [1.807, 2.05) is 11.5 Å². The molecular formula is C23H26N6O9. The fourth-order valence-electron chi connectivity index (χ4n) is 3.55. The summed E-state index contributed by atoms with van der Waals surface area (Å²) in [6.07, 6.45) is -2.09. The second kappa shape index (κ2) is 14.2. The topological polar surface area (TPSA) is 224 Å². The summed E-state index contributed by atoms with van der Waals surface area (Å²) in [5, 5.41) is 42.8. The van der Waals surface area contributed by atoms with Crippen molar-refractivity contribution in [2.45, 2.75) is 37.8 Å². The maximum atomic E-state index is 13.3. The number of methoxy groups -OCH3 is 1. The number of ether oxygens (including phenoxy) is 2. The van der Waals surface area contributed by atoms with Crippen LogP contribution in [0, 0.1) is 31.6 Å². The molecule has 0 aliphatic rings. The van der Waals surface area contributed by atoms with Gasteiger partial charge in [-0.2, -0.15) is 5.26 Å². The molecule has 0 saturated heterocycles. The molecule has 0 aliphatic carbocycles. The molecule has 2 aromatic rings. The number of nitro groups is 2. The van der Waals surface area contributed by atoms with Crippen molar-refractivity contribution in [3.05, 3.63) is 73.8 Å². The molecule has 0 saturated carbocycles. The highest BCUT2D eigenvalue weighted by Crippen LogP contribution is 2.31. The van der Waals surface area contributed by atoms with E-state index in [1.165, 1.54) is 7.11 Å². The first-order valence-corrected chi connectivity index (χ1v) is 11.3. The number of nitro benzene ring substituents is 2.